The molecule has 4 heterocycles. The van der Waals surface area contributed by atoms with Gasteiger partial charge in [-0.25, -0.2) is 0 Å². The van der Waals surface area contributed by atoms with Gasteiger partial charge < -0.3 is 58.1 Å². The third-order valence-electron chi connectivity index (χ3n) is 21.7. The van der Waals surface area contributed by atoms with E-state index >= 15 is 24.0 Å². The van der Waals surface area contributed by atoms with Crippen LogP contribution in [-0.4, -0.2) is 146 Å². The van der Waals surface area contributed by atoms with Gasteiger partial charge in [0.1, 0.15) is 12.1 Å². The summed E-state index contributed by atoms with van der Waals surface area (Å²) in [5.41, 5.74) is 1.52. The molecule has 101 heavy (non-hydrogen) atoms. The first-order valence-electron chi connectivity index (χ1n) is 37.3. The highest BCUT2D eigenvalue weighted by Crippen LogP contribution is 2.39. The normalized spacial score (nSPS) is 21.3. The van der Waals surface area contributed by atoms with E-state index in [1.54, 1.807) is 11.9 Å². The Bertz CT molecular complexity index is 3510. The Morgan fingerprint density at radius 3 is 1.28 bits per heavy atom. The van der Waals surface area contributed by atoms with Crippen molar-refractivity contribution in [1.29, 1.82) is 0 Å². The number of nitrogens with zero attached hydrogens (tertiary/aromatic N) is 2. The predicted molar refractivity (Wildman–Crippen MR) is 396 cm³/mol. The average molecular weight is 1370 g/mol. The van der Waals surface area contributed by atoms with Crippen molar-refractivity contribution in [3.63, 3.8) is 0 Å². The molecule has 4 aliphatic rings. The second-order valence-electron chi connectivity index (χ2n) is 28.0. The number of amides is 7. The summed E-state index contributed by atoms with van der Waals surface area (Å²) in [5, 5.41) is 33.2. The van der Waals surface area contributed by atoms with E-state index in [9.17, 15) is 9.59 Å². The molecule has 0 radical (unpaired) electrons. The Morgan fingerprint density at radius 1 is 0.446 bits per heavy atom. The van der Waals surface area contributed by atoms with Gasteiger partial charge in [-0.15, -0.1) is 0 Å². The van der Waals surface area contributed by atoms with Crippen molar-refractivity contribution < 1.29 is 33.6 Å². The number of hydrogen-bond donors (Lipinski definition) is 10. The zero-order valence-corrected chi connectivity index (χ0v) is 59.6. The van der Waals surface area contributed by atoms with Crippen molar-refractivity contribution in [1.82, 2.24) is 63.0 Å². The average Bonchev–Trinajstić information content (AvgIpc) is 1.67. The van der Waals surface area contributed by atoms with Crippen LogP contribution in [0.1, 0.15) is 150 Å². The van der Waals surface area contributed by atoms with Crippen molar-refractivity contribution in [2.24, 2.45) is 11.8 Å². The first kappa shape index (κ1) is 75.1. The molecule has 6 aromatic carbocycles. The van der Waals surface area contributed by atoms with Crippen LogP contribution in [0.3, 0.4) is 0 Å². The molecule has 10 N–H and O–H groups in total. The molecule has 10 atom stereocenters. The fraction of sp³-hybridized carbons (Fsp3) is 0.476. The second kappa shape index (κ2) is 37.4. The van der Waals surface area contributed by atoms with Crippen molar-refractivity contribution in [2.75, 3.05) is 46.8 Å². The molecule has 0 aliphatic carbocycles. The van der Waals surface area contributed by atoms with Gasteiger partial charge in [-0.2, -0.15) is 0 Å². The van der Waals surface area contributed by atoms with Crippen molar-refractivity contribution in [3.05, 3.63) is 215 Å². The zero-order valence-electron chi connectivity index (χ0n) is 59.6. The van der Waals surface area contributed by atoms with Gasteiger partial charge in [0.2, 0.25) is 29.5 Å². The Labute approximate surface area is 598 Å². The molecule has 0 spiro atoms. The molecule has 538 valence electrons. The summed E-state index contributed by atoms with van der Waals surface area (Å²) in [6, 6.07) is 54.5. The first-order chi connectivity index (χ1) is 49.3. The number of rotatable bonds is 35. The lowest BCUT2D eigenvalue weighted by Gasteiger charge is -2.38. The van der Waals surface area contributed by atoms with E-state index in [-0.39, 0.29) is 65.5 Å². The van der Waals surface area contributed by atoms with Crippen molar-refractivity contribution in [2.45, 2.75) is 189 Å². The molecule has 4 saturated heterocycles. The molecule has 10 rings (SSSR count). The third-order valence-corrected chi connectivity index (χ3v) is 21.7. The number of fused-ring (bicyclic) bond motifs is 2. The van der Waals surface area contributed by atoms with Crippen LogP contribution in [0.25, 0.3) is 0 Å². The number of hydrogen-bond acceptors (Lipinski definition) is 12. The predicted octanol–water partition coefficient (Wildman–Crippen LogP) is 8.24. The maximum Gasteiger partial charge on any atom is 0.255 e. The van der Waals surface area contributed by atoms with E-state index in [0.29, 0.717) is 126 Å². The van der Waals surface area contributed by atoms with E-state index in [0.717, 1.165) is 50.5 Å². The Kier molecular flexibility index (Phi) is 27.8. The Balaban J connectivity index is 0.766. The first-order valence-corrected chi connectivity index (χ1v) is 37.3. The number of carbonyl (C=O) groups excluding carboxylic acids is 7. The quantitative estimate of drug-likeness (QED) is 0.0169. The summed E-state index contributed by atoms with van der Waals surface area (Å²) in [6.07, 6.45) is 11.5. The minimum atomic E-state index is -1.66. The minimum Gasteiger partial charge on any atom is -0.353 e. The molecular weight excluding hydrogens is 1260 g/mol. The summed E-state index contributed by atoms with van der Waals surface area (Å²) in [6.45, 7) is 7.67. The highest BCUT2D eigenvalue weighted by atomic mass is 16.2. The van der Waals surface area contributed by atoms with Gasteiger partial charge >= 0.3 is 0 Å². The van der Waals surface area contributed by atoms with Crippen LogP contribution in [0.2, 0.25) is 0 Å². The number of carbonyl (C=O) groups is 7. The van der Waals surface area contributed by atoms with E-state index < -0.39 is 47.1 Å². The maximum absolute atomic E-state index is 15.3. The fourth-order valence-electron chi connectivity index (χ4n) is 16.0. The number of benzene rings is 6. The molecule has 19 heteroatoms. The summed E-state index contributed by atoms with van der Waals surface area (Å²) >= 11 is 0. The molecule has 4 fully saturated rings. The van der Waals surface area contributed by atoms with Gasteiger partial charge in [0.05, 0.1) is 18.1 Å². The molecular formula is C82H108N12O7. The molecule has 19 nitrogen and oxygen atoms in total. The largest absolute Gasteiger partial charge is 0.353 e. The minimum absolute atomic E-state index is 0.0488. The van der Waals surface area contributed by atoms with Gasteiger partial charge in [0, 0.05) is 69.9 Å². The monoisotopic (exact) mass is 1370 g/mol. The summed E-state index contributed by atoms with van der Waals surface area (Å²) in [5.74, 6) is -2.09. The van der Waals surface area contributed by atoms with Crippen molar-refractivity contribution >= 4 is 41.4 Å². The lowest BCUT2D eigenvalue weighted by molar-refractivity contribution is -0.145. The van der Waals surface area contributed by atoms with Gasteiger partial charge in [-0.1, -0.05) is 222 Å². The van der Waals surface area contributed by atoms with E-state index in [2.05, 4.69) is 70.2 Å². The molecule has 0 bridgehead atoms. The van der Waals surface area contributed by atoms with Crippen LogP contribution >= 0.6 is 0 Å². The summed E-state index contributed by atoms with van der Waals surface area (Å²) in [4.78, 5) is 108. The van der Waals surface area contributed by atoms with Gasteiger partial charge in [0.25, 0.3) is 11.8 Å². The van der Waals surface area contributed by atoms with Crippen LogP contribution in [0.15, 0.2) is 182 Å². The number of unbranched alkanes of at least 4 members (excludes halogenated alkanes) is 5. The highest BCUT2D eigenvalue weighted by molar-refractivity contribution is 6.00. The Hall–Kier alpha value is -8.59. The van der Waals surface area contributed by atoms with Crippen LogP contribution in [0.5, 0.6) is 0 Å². The molecule has 7 amide bonds. The standard InChI is InChI=1S/C82H108N12O7/c1-5-68(83-3)74(95)89-70-57-93-66(45-43-60(70)55-85-53-58-31-17-11-18-32-58)47-49-71(93)76(97)91-81(62-35-21-13-22-36-62,63-37-23-14-24-38-63)79(100)87-51-29-9-7-8-10-30-52-88-80(101)82(64-39-25-15-26-40-64,65-41-27-16-28-42-65)92-77(98)72-50-48-67-46-44-61(56-86-54-59-33-19-12-20-34-59)73(78(99)94(67)72)90-75(96)69(6-2)84-4/h11-28,31-42,60-61,66-73,83-86H,5-10,29-30,43-57H2,1-4H3,(H,87,100)(H,88,101)(H,89,95)(H,90,96)(H,91,97)(H,92,98)/t60-,61-,66+,67+,68+,69+,70-,71+,72+,73+/m1/s1. The smallest absolute Gasteiger partial charge is 0.255 e. The van der Waals surface area contributed by atoms with E-state index in [4.69, 9.17) is 0 Å². The second-order valence-corrected chi connectivity index (χ2v) is 28.0. The lowest BCUT2D eigenvalue weighted by atomic mass is 9.81. The highest BCUT2D eigenvalue weighted by Gasteiger charge is 2.52. The van der Waals surface area contributed by atoms with Gasteiger partial charge in [0.15, 0.2) is 11.1 Å². The SMILES string of the molecule is CC[C@H](NC)C(=O)N[C@@H]1C(=O)N2[C@@H](CC[C@@H]1CNCc1ccccc1)CC[C@H]2C(=O)NC(C(=O)NCCCCCCCCNC(=O)C(NC(=O)[C@@H]1CC[C@@H]2CC[C@H](CNCc3ccccc3)[C@H](NC(=O)[C@H](CC)NC)CN21)(c1ccccc1)c1ccccc1)(c1ccccc1)c1ccccc1. The molecule has 0 unspecified atom stereocenters. The van der Waals surface area contributed by atoms with Crippen molar-refractivity contribution in [3.8, 4) is 0 Å². The zero-order chi connectivity index (χ0) is 71.0. The van der Waals surface area contributed by atoms with Crippen LogP contribution in [-0.2, 0) is 57.7 Å². The van der Waals surface area contributed by atoms with Crippen LogP contribution in [0.4, 0.5) is 0 Å². The van der Waals surface area contributed by atoms with Crippen LogP contribution < -0.4 is 53.2 Å². The number of nitrogens with one attached hydrogen (secondary N) is 10. The summed E-state index contributed by atoms with van der Waals surface area (Å²) in [7, 11) is 3.55. The lowest BCUT2D eigenvalue weighted by Crippen LogP contribution is -2.62. The van der Waals surface area contributed by atoms with Crippen LogP contribution in [0, 0.1) is 11.8 Å². The molecule has 4 aliphatic heterocycles. The topological polar surface area (TPSA) is 246 Å². The molecule has 0 saturated carbocycles. The maximum atomic E-state index is 15.3. The Morgan fingerprint density at radius 2 is 0.822 bits per heavy atom. The van der Waals surface area contributed by atoms with Gasteiger partial charge in [-0.3, -0.25) is 38.5 Å². The van der Waals surface area contributed by atoms with E-state index in [1.807, 2.05) is 191 Å². The van der Waals surface area contributed by atoms with E-state index in [1.165, 1.54) is 5.56 Å². The summed E-state index contributed by atoms with van der Waals surface area (Å²) < 4.78 is 0. The fourth-order valence-corrected chi connectivity index (χ4v) is 16.0. The third kappa shape index (κ3) is 18.6. The number of likely N-dealkylation sites (N-methyl/N-ethyl adjacent to an activating group) is 2. The molecule has 0 aromatic heterocycles. The van der Waals surface area contributed by atoms with Gasteiger partial charge in [-0.05, 0) is 130 Å². The molecule has 6 aromatic rings.